The first-order valence-corrected chi connectivity index (χ1v) is 11.8. The summed E-state index contributed by atoms with van der Waals surface area (Å²) in [4.78, 5) is 12.3. The van der Waals surface area contributed by atoms with E-state index in [9.17, 15) is 0 Å². The van der Waals surface area contributed by atoms with E-state index in [1.165, 1.54) is 42.4 Å². The molecule has 0 amide bonds. The third-order valence-electron chi connectivity index (χ3n) is 6.82. The predicted octanol–water partition coefficient (Wildman–Crippen LogP) is 3.94. The molecule has 6 nitrogen and oxygen atoms in total. The zero-order chi connectivity index (χ0) is 22.0. The molecule has 2 aliphatic rings. The number of ether oxygens (including phenoxy) is 2. The molecule has 1 fully saturated rings. The number of benzene rings is 1. The maximum absolute atomic E-state index is 6.19. The van der Waals surface area contributed by atoms with E-state index in [2.05, 4.69) is 54.8 Å². The average molecular weight is 427 g/mol. The van der Waals surface area contributed by atoms with Gasteiger partial charge in [0.05, 0.1) is 19.2 Å². The van der Waals surface area contributed by atoms with Crippen molar-refractivity contribution in [2.45, 2.75) is 52.1 Å². The molecule has 2 aromatic rings. The van der Waals surface area contributed by atoms with E-state index < -0.39 is 0 Å². The molecule has 2 aliphatic heterocycles. The summed E-state index contributed by atoms with van der Waals surface area (Å²) < 4.78 is 11.9. The van der Waals surface area contributed by atoms with Gasteiger partial charge in [-0.2, -0.15) is 0 Å². The highest BCUT2D eigenvalue weighted by molar-refractivity contribution is 5.89. The van der Waals surface area contributed by atoms with E-state index in [1.54, 1.807) is 7.11 Å². The Hall–Kier alpha value is -2.05. The van der Waals surface area contributed by atoms with Gasteiger partial charge in [-0.3, -0.25) is 0 Å². The van der Waals surface area contributed by atoms with Crippen LogP contribution in [0, 0.1) is 0 Å². The highest BCUT2D eigenvalue weighted by Gasteiger charge is 2.25. The van der Waals surface area contributed by atoms with E-state index in [1.807, 2.05) is 0 Å². The van der Waals surface area contributed by atoms with Gasteiger partial charge < -0.3 is 24.2 Å². The number of likely N-dealkylation sites (tertiary alicyclic amines) is 1. The van der Waals surface area contributed by atoms with Gasteiger partial charge in [0.15, 0.2) is 11.5 Å². The third-order valence-corrected chi connectivity index (χ3v) is 6.82. The number of likely N-dealkylation sites (N-methyl/N-ethyl adjacent to an activating group) is 1. The van der Waals surface area contributed by atoms with Crippen LogP contribution in [-0.4, -0.2) is 74.8 Å². The topological polar surface area (TPSA) is 41.1 Å². The molecule has 31 heavy (non-hydrogen) atoms. The fraction of sp³-hybridized carbons (Fsp3) is 0.640. The summed E-state index contributed by atoms with van der Waals surface area (Å²) in [5.41, 5.74) is 3.75. The second-order valence-electron chi connectivity index (χ2n) is 9.36. The molecule has 6 heteroatoms. The summed E-state index contributed by atoms with van der Waals surface area (Å²) in [7, 11) is 6.06. The number of pyridine rings is 1. The summed E-state index contributed by atoms with van der Waals surface area (Å²) in [6.45, 7) is 10.7. The summed E-state index contributed by atoms with van der Waals surface area (Å²) in [5, 5.41) is 1.20. The van der Waals surface area contributed by atoms with Crippen molar-refractivity contribution in [1.82, 2.24) is 14.8 Å². The second-order valence-corrected chi connectivity index (χ2v) is 9.36. The van der Waals surface area contributed by atoms with E-state index >= 15 is 0 Å². The number of nitrogens with zero attached hydrogens (tertiary/aromatic N) is 4. The van der Waals surface area contributed by atoms with Crippen LogP contribution >= 0.6 is 0 Å². The zero-order valence-corrected chi connectivity index (χ0v) is 19.9. The smallest absolute Gasteiger partial charge is 0.163 e. The molecule has 3 heterocycles. The van der Waals surface area contributed by atoms with Crippen molar-refractivity contribution in [1.29, 1.82) is 0 Å². The van der Waals surface area contributed by atoms with Crippen LogP contribution < -0.4 is 14.4 Å². The fourth-order valence-corrected chi connectivity index (χ4v) is 4.75. The largest absolute Gasteiger partial charge is 0.493 e. The molecule has 0 radical (unpaired) electrons. The normalized spacial score (nSPS) is 17.4. The van der Waals surface area contributed by atoms with Crippen LogP contribution in [-0.2, 0) is 13.0 Å². The number of aromatic nitrogens is 1. The average Bonchev–Trinajstić information content (AvgIpc) is 3.28. The Morgan fingerprint density at radius 1 is 1.10 bits per heavy atom. The van der Waals surface area contributed by atoms with E-state index in [0.717, 1.165) is 55.3 Å². The first-order valence-electron chi connectivity index (χ1n) is 11.8. The van der Waals surface area contributed by atoms with Gasteiger partial charge in [-0.25, -0.2) is 4.98 Å². The minimum atomic E-state index is 0.390. The molecule has 1 aromatic heterocycles. The number of hydrogen-bond acceptors (Lipinski definition) is 6. The standard InChI is InChI=1S/C25H38N4O2/c1-18(2)28(4)25-21-17-27(3)13-9-19(21)20-15-23(30-5)24(16-22(20)26-25)31-14-8-12-29-10-6-7-11-29/h15-16,18H,6-14,17H2,1-5H3. The first kappa shape index (κ1) is 22.2. The maximum Gasteiger partial charge on any atom is 0.163 e. The van der Waals surface area contributed by atoms with Crippen molar-refractivity contribution in [3.8, 4) is 11.5 Å². The van der Waals surface area contributed by atoms with Gasteiger partial charge in [-0.05, 0) is 71.3 Å². The lowest BCUT2D eigenvalue weighted by atomic mass is 9.95. The molecule has 0 N–H and O–H groups in total. The molecular formula is C25H38N4O2. The number of methoxy groups -OCH3 is 1. The number of rotatable bonds is 8. The van der Waals surface area contributed by atoms with Crippen LogP contribution in [0.15, 0.2) is 12.1 Å². The summed E-state index contributed by atoms with van der Waals surface area (Å²) >= 11 is 0. The van der Waals surface area contributed by atoms with Gasteiger partial charge >= 0.3 is 0 Å². The Balaban J connectivity index is 1.64. The van der Waals surface area contributed by atoms with Crippen molar-refractivity contribution in [2.75, 3.05) is 58.9 Å². The monoisotopic (exact) mass is 426 g/mol. The molecular weight excluding hydrogens is 388 g/mol. The van der Waals surface area contributed by atoms with E-state index in [4.69, 9.17) is 14.5 Å². The second kappa shape index (κ2) is 9.61. The number of hydrogen-bond donors (Lipinski definition) is 0. The van der Waals surface area contributed by atoms with Crippen LogP contribution in [0.2, 0.25) is 0 Å². The number of anilines is 1. The Kier molecular flexibility index (Phi) is 6.87. The van der Waals surface area contributed by atoms with Gasteiger partial charge in [-0.15, -0.1) is 0 Å². The summed E-state index contributed by atoms with van der Waals surface area (Å²) in [6.07, 6.45) is 4.73. The van der Waals surface area contributed by atoms with Crippen LogP contribution in [0.1, 0.15) is 44.2 Å². The van der Waals surface area contributed by atoms with Crippen molar-refractivity contribution < 1.29 is 9.47 Å². The van der Waals surface area contributed by atoms with E-state index in [0.29, 0.717) is 12.6 Å². The third kappa shape index (κ3) is 4.75. The molecule has 0 spiro atoms. The Morgan fingerprint density at radius 3 is 2.58 bits per heavy atom. The van der Waals surface area contributed by atoms with E-state index in [-0.39, 0.29) is 0 Å². The molecule has 0 saturated carbocycles. The molecule has 0 aliphatic carbocycles. The molecule has 1 saturated heterocycles. The highest BCUT2D eigenvalue weighted by Crippen LogP contribution is 2.38. The van der Waals surface area contributed by atoms with Crippen molar-refractivity contribution in [3.63, 3.8) is 0 Å². The highest BCUT2D eigenvalue weighted by atomic mass is 16.5. The lowest BCUT2D eigenvalue weighted by Crippen LogP contribution is -2.33. The summed E-state index contributed by atoms with van der Waals surface area (Å²) in [5.74, 6) is 2.70. The van der Waals surface area contributed by atoms with Gasteiger partial charge in [-0.1, -0.05) is 0 Å². The van der Waals surface area contributed by atoms with Gasteiger partial charge in [0.2, 0.25) is 0 Å². The minimum Gasteiger partial charge on any atom is -0.493 e. The molecule has 4 rings (SSSR count). The van der Waals surface area contributed by atoms with Crippen LogP contribution in [0.3, 0.4) is 0 Å². The van der Waals surface area contributed by atoms with Crippen molar-refractivity contribution >= 4 is 16.7 Å². The Bertz CT molecular complexity index is 908. The maximum atomic E-state index is 6.19. The molecule has 0 unspecified atom stereocenters. The van der Waals surface area contributed by atoms with Crippen LogP contribution in [0.25, 0.3) is 10.9 Å². The molecule has 1 aromatic carbocycles. The lowest BCUT2D eigenvalue weighted by Gasteiger charge is -2.32. The molecule has 170 valence electrons. The SMILES string of the molecule is COc1cc2c3c(c(N(C)C(C)C)nc2cc1OCCCN1CCCC1)CN(C)CC3. The fourth-order valence-electron chi connectivity index (χ4n) is 4.75. The van der Waals surface area contributed by atoms with Crippen molar-refractivity contribution in [2.24, 2.45) is 0 Å². The minimum absolute atomic E-state index is 0.390. The van der Waals surface area contributed by atoms with Gasteiger partial charge in [0.25, 0.3) is 0 Å². The molecule has 0 atom stereocenters. The number of fused-ring (bicyclic) bond motifs is 3. The van der Waals surface area contributed by atoms with Crippen LogP contribution in [0.5, 0.6) is 11.5 Å². The first-order chi connectivity index (χ1) is 15.0. The quantitative estimate of drug-likeness (QED) is 0.596. The Labute approximate surface area is 187 Å². The van der Waals surface area contributed by atoms with Gasteiger partial charge in [0.1, 0.15) is 5.82 Å². The summed E-state index contributed by atoms with van der Waals surface area (Å²) in [6, 6.07) is 4.61. The zero-order valence-electron chi connectivity index (χ0n) is 19.9. The van der Waals surface area contributed by atoms with Gasteiger partial charge in [0, 0.05) is 49.7 Å². The lowest BCUT2D eigenvalue weighted by molar-refractivity contribution is 0.254. The van der Waals surface area contributed by atoms with Crippen molar-refractivity contribution in [3.05, 3.63) is 23.3 Å². The Morgan fingerprint density at radius 2 is 1.87 bits per heavy atom. The molecule has 0 bridgehead atoms. The van der Waals surface area contributed by atoms with Crippen LogP contribution in [0.4, 0.5) is 5.82 Å². The predicted molar refractivity (Wildman–Crippen MR) is 128 cm³/mol.